The third-order valence-electron chi connectivity index (χ3n) is 2.43. The average molecular weight is 347 g/mol. The van der Waals surface area contributed by atoms with E-state index in [1.807, 2.05) is 6.92 Å². The van der Waals surface area contributed by atoms with Crippen molar-refractivity contribution in [2.75, 3.05) is 19.8 Å². The Hall–Kier alpha value is -1.16. The maximum absolute atomic E-state index is 11.8. The highest BCUT2D eigenvalue weighted by Crippen LogP contribution is 2.24. The van der Waals surface area contributed by atoms with Crippen LogP contribution >= 0.6 is 0 Å². The van der Waals surface area contributed by atoms with Crippen LogP contribution in [0.25, 0.3) is 0 Å². The predicted octanol–water partition coefficient (Wildman–Crippen LogP) is 2.44. The first kappa shape index (κ1) is 20.8. The number of hydrogen-bond donors (Lipinski definition) is 0. The van der Waals surface area contributed by atoms with Crippen molar-refractivity contribution in [3.63, 3.8) is 0 Å². The molecule has 0 N–H and O–H groups in total. The normalized spacial score (nSPS) is 14.7. The van der Waals surface area contributed by atoms with Crippen LogP contribution in [0, 0.1) is 0 Å². The summed E-state index contributed by atoms with van der Waals surface area (Å²) in [5.74, 6) is 0.818. The third-order valence-corrected chi connectivity index (χ3v) is 3.48. The number of ketones is 1. The summed E-state index contributed by atoms with van der Waals surface area (Å²) in [6.07, 6.45) is 1.48. The van der Waals surface area contributed by atoms with E-state index in [2.05, 4.69) is 9.18 Å². The Labute approximate surface area is 127 Å². The lowest BCUT2D eigenvalue weighted by Crippen LogP contribution is -2.25. The number of halogens is 3. The molecule has 1 aliphatic heterocycles. The lowest BCUT2D eigenvalue weighted by Gasteiger charge is -2.07. The van der Waals surface area contributed by atoms with Crippen molar-refractivity contribution in [1.82, 2.24) is 0 Å². The van der Waals surface area contributed by atoms with Crippen molar-refractivity contribution in [3.05, 3.63) is 0 Å². The number of alkyl halides is 3. The molecule has 6 nitrogen and oxygen atoms in total. The van der Waals surface area contributed by atoms with E-state index in [-0.39, 0.29) is 12.2 Å². The van der Waals surface area contributed by atoms with Gasteiger partial charge in [0.15, 0.2) is 5.90 Å². The molecule has 0 aromatic rings. The van der Waals surface area contributed by atoms with Crippen LogP contribution < -0.4 is 0 Å². The summed E-state index contributed by atoms with van der Waals surface area (Å²) in [6.45, 7) is 4.40. The fraction of sp³-hybridized carbons (Fsp3) is 0.833. The highest BCUT2D eigenvalue weighted by Gasteiger charge is 2.47. The lowest BCUT2D eigenvalue weighted by molar-refractivity contribution is -0.117. The van der Waals surface area contributed by atoms with Crippen LogP contribution in [0.5, 0.6) is 0 Å². The van der Waals surface area contributed by atoms with Gasteiger partial charge in [-0.15, -0.1) is 0 Å². The zero-order valence-electron chi connectivity index (χ0n) is 12.5. The first-order chi connectivity index (χ1) is 10.1. The topological polar surface area (TPSA) is 82.0 Å². The number of Topliss-reactive ketones (excluding diaryl/α,β-unsaturated/α-hetero) is 1. The molecule has 0 unspecified atom stereocenters. The first-order valence-corrected chi connectivity index (χ1v) is 8.06. The average Bonchev–Trinajstić information content (AvgIpc) is 2.83. The second-order valence-corrected chi connectivity index (χ2v) is 6.09. The van der Waals surface area contributed by atoms with Gasteiger partial charge in [0.1, 0.15) is 12.4 Å². The Balaban J connectivity index is 0.000000604. The molecule has 0 saturated carbocycles. The number of carbonyl (C=O) groups is 1. The minimum Gasteiger partial charge on any atom is -0.479 e. The second-order valence-electron chi connectivity index (χ2n) is 4.48. The summed E-state index contributed by atoms with van der Waals surface area (Å²) in [6, 6.07) is 0. The Kier molecular flexibility index (Phi) is 9.26. The molecule has 22 heavy (non-hydrogen) atoms. The Morgan fingerprint density at radius 2 is 1.95 bits per heavy atom. The lowest BCUT2D eigenvalue weighted by atomic mass is 10.1. The molecule has 0 amide bonds. The number of aliphatic imine (C=N–C) groups is 1. The van der Waals surface area contributed by atoms with E-state index in [0.29, 0.717) is 19.3 Å². The largest absolute Gasteiger partial charge is 0.523 e. The van der Waals surface area contributed by atoms with Gasteiger partial charge in [0.05, 0.1) is 13.2 Å². The van der Waals surface area contributed by atoms with Crippen LogP contribution in [0.1, 0.15) is 39.5 Å². The molecule has 0 atom stereocenters. The van der Waals surface area contributed by atoms with E-state index in [1.165, 1.54) is 6.92 Å². The van der Waals surface area contributed by atoms with Crippen molar-refractivity contribution in [3.8, 4) is 0 Å². The highest BCUT2D eigenvalue weighted by molar-refractivity contribution is 7.87. The third kappa shape index (κ3) is 9.72. The van der Waals surface area contributed by atoms with Gasteiger partial charge in [-0.2, -0.15) is 21.6 Å². The SMILES string of the molecule is CC(=O)CCCCCOS(=O)(=O)C(F)(F)F.CC1=NCCO1. The van der Waals surface area contributed by atoms with Crippen molar-refractivity contribution in [1.29, 1.82) is 0 Å². The van der Waals surface area contributed by atoms with Gasteiger partial charge >= 0.3 is 15.6 Å². The van der Waals surface area contributed by atoms with Gasteiger partial charge in [0.25, 0.3) is 0 Å². The molecule has 0 aliphatic carbocycles. The Bertz CT molecular complexity index is 474. The number of unbranched alkanes of at least 4 members (excludes halogenated alkanes) is 2. The smallest absolute Gasteiger partial charge is 0.479 e. The maximum atomic E-state index is 11.8. The summed E-state index contributed by atoms with van der Waals surface area (Å²) in [5.41, 5.74) is -5.37. The van der Waals surface area contributed by atoms with Gasteiger partial charge in [-0.1, -0.05) is 6.42 Å². The number of rotatable bonds is 7. The fourth-order valence-corrected chi connectivity index (χ4v) is 1.80. The summed E-state index contributed by atoms with van der Waals surface area (Å²) in [5, 5.41) is 0. The van der Waals surface area contributed by atoms with Crippen LogP contribution in [-0.2, 0) is 23.8 Å². The zero-order chi connectivity index (χ0) is 17.2. The van der Waals surface area contributed by atoms with Crippen molar-refractivity contribution in [2.45, 2.75) is 45.0 Å². The molecule has 0 bridgehead atoms. The molecule has 10 heteroatoms. The van der Waals surface area contributed by atoms with Crippen molar-refractivity contribution in [2.24, 2.45) is 4.99 Å². The van der Waals surface area contributed by atoms with E-state index in [1.54, 1.807) is 0 Å². The van der Waals surface area contributed by atoms with Crippen LogP contribution in [0.3, 0.4) is 0 Å². The molecule has 0 saturated heterocycles. The van der Waals surface area contributed by atoms with E-state index >= 15 is 0 Å². The quantitative estimate of drug-likeness (QED) is 0.401. The summed E-state index contributed by atoms with van der Waals surface area (Å²) in [7, 11) is -5.47. The molecular weight excluding hydrogens is 327 g/mol. The molecule has 1 heterocycles. The maximum Gasteiger partial charge on any atom is 0.523 e. The van der Waals surface area contributed by atoms with Crippen LogP contribution in [0.2, 0.25) is 0 Å². The van der Waals surface area contributed by atoms with Gasteiger partial charge in [-0.3, -0.25) is 9.18 Å². The monoisotopic (exact) mass is 347 g/mol. The summed E-state index contributed by atoms with van der Waals surface area (Å²) in [4.78, 5) is 14.4. The van der Waals surface area contributed by atoms with Crippen LogP contribution in [0.15, 0.2) is 4.99 Å². The van der Waals surface area contributed by atoms with E-state index < -0.39 is 22.2 Å². The molecule has 0 aromatic carbocycles. The van der Waals surface area contributed by atoms with E-state index in [4.69, 9.17) is 4.74 Å². The second kappa shape index (κ2) is 9.78. The molecule has 0 aromatic heterocycles. The number of ether oxygens (including phenoxy) is 1. The molecule has 1 rings (SSSR count). The number of carbonyl (C=O) groups excluding carboxylic acids is 1. The van der Waals surface area contributed by atoms with Gasteiger partial charge in [0.2, 0.25) is 0 Å². The minimum absolute atomic E-state index is 0.0103. The fourth-order valence-electron chi connectivity index (χ4n) is 1.33. The van der Waals surface area contributed by atoms with Gasteiger partial charge in [-0.25, -0.2) is 0 Å². The van der Waals surface area contributed by atoms with Crippen molar-refractivity contribution >= 4 is 21.8 Å². The summed E-state index contributed by atoms with van der Waals surface area (Å²) < 4.78 is 64.7. The van der Waals surface area contributed by atoms with Crippen molar-refractivity contribution < 1.29 is 35.3 Å². The van der Waals surface area contributed by atoms with Crippen LogP contribution in [0.4, 0.5) is 13.2 Å². The molecule has 0 spiro atoms. The minimum atomic E-state index is -5.47. The van der Waals surface area contributed by atoms with Gasteiger partial charge < -0.3 is 9.53 Å². The first-order valence-electron chi connectivity index (χ1n) is 6.65. The molecule has 130 valence electrons. The predicted molar refractivity (Wildman–Crippen MR) is 74.0 cm³/mol. The van der Waals surface area contributed by atoms with Gasteiger partial charge in [0, 0.05) is 13.3 Å². The zero-order valence-corrected chi connectivity index (χ0v) is 13.3. The van der Waals surface area contributed by atoms with Gasteiger partial charge in [-0.05, 0) is 19.8 Å². The Morgan fingerprint density at radius 3 is 2.32 bits per heavy atom. The molecule has 0 radical (unpaired) electrons. The molecule has 1 aliphatic rings. The summed E-state index contributed by atoms with van der Waals surface area (Å²) >= 11 is 0. The standard InChI is InChI=1S/C8H13F3O4S.C4H7NO/c1-7(12)5-3-2-4-6-15-16(13,14)8(9,10)11;1-4-5-2-3-6-4/h2-6H2,1H3;2-3H2,1H3. The molecular formula is C12H20F3NO5S. The molecule has 0 fully saturated rings. The Morgan fingerprint density at radius 1 is 1.32 bits per heavy atom. The number of hydrogen-bond acceptors (Lipinski definition) is 6. The highest BCUT2D eigenvalue weighted by atomic mass is 32.2. The number of nitrogens with zero attached hydrogens (tertiary/aromatic N) is 1. The van der Waals surface area contributed by atoms with E-state index in [0.717, 1.165) is 19.0 Å². The van der Waals surface area contributed by atoms with Crippen LogP contribution in [-0.4, -0.2) is 45.4 Å². The van der Waals surface area contributed by atoms with E-state index in [9.17, 15) is 26.4 Å².